The van der Waals surface area contributed by atoms with Crippen LogP contribution in [0.3, 0.4) is 0 Å². The summed E-state index contributed by atoms with van der Waals surface area (Å²) in [6.45, 7) is 0.727. The fourth-order valence-electron chi connectivity index (χ4n) is 4.93. The minimum atomic E-state index is 0. The topological polar surface area (TPSA) is 41.1 Å². The normalized spacial score (nSPS) is 23.2. The third-order valence-electron chi connectivity index (χ3n) is 6.20. The summed E-state index contributed by atoms with van der Waals surface area (Å²) < 4.78 is 0. The standard InChI is InChI=1S/C24H30N2O.ClH/c27-24(17-18-15-21-11-12-22(16-18)26-21)25-14-13-23(19-7-3-1-4-8-19)20-9-5-2-6-10-20;/h1-10,18,21-23,26H,11-17H2,(H,25,27);1H. The van der Waals surface area contributed by atoms with Crippen molar-refractivity contribution in [2.75, 3.05) is 6.54 Å². The molecule has 2 saturated heterocycles. The van der Waals surface area contributed by atoms with E-state index < -0.39 is 0 Å². The van der Waals surface area contributed by atoms with Gasteiger partial charge < -0.3 is 10.6 Å². The summed E-state index contributed by atoms with van der Waals surface area (Å²) in [4.78, 5) is 12.5. The van der Waals surface area contributed by atoms with E-state index in [0.717, 1.165) is 13.0 Å². The summed E-state index contributed by atoms with van der Waals surface area (Å²) in [7, 11) is 0. The van der Waals surface area contributed by atoms with Gasteiger partial charge in [0.2, 0.25) is 5.91 Å². The number of fused-ring (bicyclic) bond motifs is 2. The van der Waals surface area contributed by atoms with Crippen LogP contribution in [0.2, 0.25) is 0 Å². The summed E-state index contributed by atoms with van der Waals surface area (Å²) >= 11 is 0. The SMILES string of the molecule is Cl.O=C(CC1CC2CCC(C1)N2)NCCC(c1ccccc1)c1ccccc1. The molecule has 0 spiro atoms. The molecule has 2 atom stereocenters. The van der Waals surface area contributed by atoms with E-state index in [4.69, 9.17) is 0 Å². The Morgan fingerprint density at radius 2 is 1.46 bits per heavy atom. The number of hydrogen-bond acceptors (Lipinski definition) is 2. The zero-order chi connectivity index (χ0) is 18.5. The van der Waals surface area contributed by atoms with Crippen LogP contribution in [0.1, 0.15) is 55.6 Å². The van der Waals surface area contributed by atoms with Crippen LogP contribution in [-0.4, -0.2) is 24.5 Å². The van der Waals surface area contributed by atoms with Crippen molar-refractivity contribution in [2.45, 2.75) is 56.5 Å². The fraction of sp³-hybridized carbons (Fsp3) is 0.458. The summed E-state index contributed by atoms with van der Waals surface area (Å²) in [6, 6.07) is 22.5. The van der Waals surface area contributed by atoms with E-state index >= 15 is 0 Å². The van der Waals surface area contributed by atoms with Crippen LogP contribution < -0.4 is 10.6 Å². The van der Waals surface area contributed by atoms with Gasteiger partial charge in [0.1, 0.15) is 0 Å². The zero-order valence-corrected chi connectivity index (χ0v) is 17.2. The van der Waals surface area contributed by atoms with E-state index in [9.17, 15) is 4.79 Å². The summed E-state index contributed by atoms with van der Waals surface area (Å²) in [5, 5.41) is 6.85. The molecule has 0 radical (unpaired) electrons. The molecule has 0 saturated carbocycles. The Hall–Kier alpha value is -1.84. The third-order valence-corrected chi connectivity index (χ3v) is 6.20. The molecule has 4 heteroatoms. The van der Waals surface area contributed by atoms with E-state index in [0.29, 0.717) is 30.3 Å². The van der Waals surface area contributed by atoms with Crippen LogP contribution in [0.15, 0.2) is 60.7 Å². The second kappa shape index (κ2) is 10.1. The molecule has 4 rings (SSSR count). The van der Waals surface area contributed by atoms with E-state index in [2.05, 4.69) is 71.3 Å². The average molecular weight is 399 g/mol. The second-order valence-corrected chi connectivity index (χ2v) is 8.19. The van der Waals surface area contributed by atoms with Crippen molar-refractivity contribution in [2.24, 2.45) is 5.92 Å². The fourth-order valence-corrected chi connectivity index (χ4v) is 4.93. The lowest BCUT2D eigenvalue weighted by Crippen LogP contribution is -2.39. The highest BCUT2D eigenvalue weighted by Gasteiger charge is 2.34. The van der Waals surface area contributed by atoms with Gasteiger partial charge in [-0.3, -0.25) is 4.79 Å². The summed E-state index contributed by atoms with van der Waals surface area (Å²) in [5.41, 5.74) is 2.63. The minimum absolute atomic E-state index is 0. The lowest BCUT2D eigenvalue weighted by atomic mass is 9.88. The predicted octanol–water partition coefficient (Wildman–Crippen LogP) is 4.67. The van der Waals surface area contributed by atoms with E-state index in [1.165, 1.54) is 36.8 Å². The number of hydrogen-bond donors (Lipinski definition) is 2. The van der Waals surface area contributed by atoms with Gasteiger partial charge >= 0.3 is 0 Å². The Labute approximate surface area is 174 Å². The first-order valence-corrected chi connectivity index (χ1v) is 10.4. The van der Waals surface area contributed by atoms with Gasteiger partial charge in [-0.15, -0.1) is 12.4 Å². The Balaban J connectivity index is 0.00000225. The van der Waals surface area contributed by atoms with E-state index in [-0.39, 0.29) is 18.3 Å². The van der Waals surface area contributed by atoms with Gasteiger partial charge in [-0.2, -0.15) is 0 Å². The van der Waals surface area contributed by atoms with Crippen molar-refractivity contribution >= 4 is 18.3 Å². The molecule has 2 unspecified atom stereocenters. The van der Waals surface area contributed by atoms with Gasteiger partial charge in [0.05, 0.1) is 0 Å². The number of benzene rings is 2. The van der Waals surface area contributed by atoms with Crippen molar-refractivity contribution in [1.29, 1.82) is 0 Å². The Bertz CT molecular complexity index is 685. The lowest BCUT2D eigenvalue weighted by molar-refractivity contribution is -0.122. The molecule has 2 aromatic rings. The van der Waals surface area contributed by atoms with Gasteiger partial charge in [-0.05, 0) is 49.1 Å². The molecule has 3 nitrogen and oxygen atoms in total. The Kier molecular flexibility index (Phi) is 7.52. The largest absolute Gasteiger partial charge is 0.356 e. The highest BCUT2D eigenvalue weighted by molar-refractivity contribution is 5.85. The molecule has 2 aliphatic rings. The maximum absolute atomic E-state index is 12.5. The van der Waals surface area contributed by atoms with Gasteiger partial charge in [-0.1, -0.05) is 60.7 Å². The van der Waals surface area contributed by atoms with Crippen LogP contribution in [-0.2, 0) is 4.79 Å². The molecule has 2 aromatic carbocycles. The van der Waals surface area contributed by atoms with Crippen molar-refractivity contribution in [3.05, 3.63) is 71.8 Å². The molecule has 2 bridgehead atoms. The molecule has 0 aromatic heterocycles. The van der Waals surface area contributed by atoms with Crippen LogP contribution in [0.4, 0.5) is 0 Å². The monoisotopic (exact) mass is 398 g/mol. The van der Waals surface area contributed by atoms with Crippen molar-refractivity contribution in [3.8, 4) is 0 Å². The molecule has 1 amide bonds. The van der Waals surface area contributed by atoms with Crippen LogP contribution >= 0.6 is 12.4 Å². The minimum Gasteiger partial charge on any atom is -0.356 e. The van der Waals surface area contributed by atoms with E-state index in [1.807, 2.05) is 0 Å². The van der Waals surface area contributed by atoms with Gasteiger partial charge in [-0.25, -0.2) is 0 Å². The number of rotatable bonds is 7. The number of piperidine rings is 1. The third kappa shape index (κ3) is 5.36. The molecule has 0 aliphatic carbocycles. The smallest absolute Gasteiger partial charge is 0.220 e. The quantitative estimate of drug-likeness (QED) is 0.711. The number of carbonyl (C=O) groups excluding carboxylic acids is 1. The first kappa shape index (κ1) is 20.9. The summed E-state index contributed by atoms with van der Waals surface area (Å²) in [6.07, 6.45) is 6.53. The first-order chi connectivity index (χ1) is 13.3. The number of carbonyl (C=O) groups is 1. The molecule has 150 valence electrons. The van der Waals surface area contributed by atoms with Crippen molar-refractivity contribution < 1.29 is 4.79 Å². The predicted molar refractivity (Wildman–Crippen MR) is 117 cm³/mol. The molecule has 2 aliphatic heterocycles. The number of amides is 1. The van der Waals surface area contributed by atoms with Crippen LogP contribution in [0.25, 0.3) is 0 Å². The van der Waals surface area contributed by atoms with Crippen molar-refractivity contribution in [1.82, 2.24) is 10.6 Å². The highest BCUT2D eigenvalue weighted by Crippen LogP contribution is 2.32. The molecule has 2 heterocycles. The zero-order valence-electron chi connectivity index (χ0n) is 16.3. The maximum Gasteiger partial charge on any atom is 0.220 e. The Morgan fingerprint density at radius 1 is 0.929 bits per heavy atom. The number of nitrogens with one attached hydrogen (secondary N) is 2. The van der Waals surface area contributed by atoms with Crippen molar-refractivity contribution in [3.63, 3.8) is 0 Å². The maximum atomic E-state index is 12.5. The highest BCUT2D eigenvalue weighted by atomic mass is 35.5. The van der Waals surface area contributed by atoms with Crippen LogP contribution in [0, 0.1) is 5.92 Å². The second-order valence-electron chi connectivity index (χ2n) is 8.19. The number of halogens is 1. The first-order valence-electron chi connectivity index (χ1n) is 10.4. The van der Waals surface area contributed by atoms with Gasteiger partial charge in [0.15, 0.2) is 0 Å². The molecular formula is C24H31ClN2O. The molecule has 2 N–H and O–H groups in total. The molecule has 2 fully saturated rings. The average Bonchev–Trinajstić information content (AvgIpc) is 3.05. The molecule has 28 heavy (non-hydrogen) atoms. The van der Waals surface area contributed by atoms with Gasteiger partial charge in [0.25, 0.3) is 0 Å². The lowest BCUT2D eigenvalue weighted by Gasteiger charge is -2.28. The molecular weight excluding hydrogens is 368 g/mol. The van der Waals surface area contributed by atoms with Gasteiger partial charge in [0, 0.05) is 31.0 Å². The van der Waals surface area contributed by atoms with Crippen LogP contribution in [0.5, 0.6) is 0 Å². The summed E-state index contributed by atoms with van der Waals surface area (Å²) in [5.74, 6) is 1.10. The Morgan fingerprint density at radius 3 is 2.00 bits per heavy atom. The van der Waals surface area contributed by atoms with E-state index in [1.54, 1.807) is 0 Å².